The molecule has 0 atom stereocenters. The van der Waals surface area contributed by atoms with Crippen LogP contribution in [0.25, 0.3) is 0 Å². The minimum absolute atomic E-state index is 0.459. The number of ether oxygens (including phenoxy) is 2. The van der Waals surface area contributed by atoms with Gasteiger partial charge in [0.1, 0.15) is 12.4 Å². The second-order valence-electron chi connectivity index (χ2n) is 5.46. The fourth-order valence-corrected chi connectivity index (χ4v) is 2.22. The first-order chi connectivity index (χ1) is 12.3. The van der Waals surface area contributed by atoms with Crippen LogP contribution in [-0.4, -0.2) is 38.3 Å². The topological polar surface area (TPSA) is 67.8 Å². The molecule has 0 bridgehead atoms. The van der Waals surface area contributed by atoms with Crippen molar-refractivity contribution < 1.29 is 9.47 Å². The molecular formula is C19H26N4O2. The lowest BCUT2D eigenvalue weighted by Gasteiger charge is -2.12. The van der Waals surface area contributed by atoms with Crippen molar-refractivity contribution in [3.05, 3.63) is 59.9 Å². The lowest BCUT2D eigenvalue weighted by Crippen LogP contribution is -2.37. The third-order valence-corrected chi connectivity index (χ3v) is 3.51. The van der Waals surface area contributed by atoms with E-state index in [1.165, 1.54) is 0 Å². The van der Waals surface area contributed by atoms with E-state index < -0.39 is 0 Å². The van der Waals surface area contributed by atoms with Crippen molar-refractivity contribution in [1.82, 2.24) is 15.6 Å². The number of hydrogen-bond acceptors (Lipinski definition) is 4. The van der Waals surface area contributed by atoms with Crippen LogP contribution in [0.15, 0.2) is 53.7 Å². The van der Waals surface area contributed by atoms with E-state index >= 15 is 0 Å². The molecule has 0 aliphatic heterocycles. The number of benzene rings is 1. The van der Waals surface area contributed by atoms with E-state index in [-0.39, 0.29) is 0 Å². The quantitative estimate of drug-likeness (QED) is 0.416. The third-order valence-electron chi connectivity index (χ3n) is 3.51. The van der Waals surface area contributed by atoms with Crippen molar-refractivity contribution >= 4 is 5.96 Å². The molecule has 1 aromatic heterocycles. The Hall–Kier alpha value is -2.60. The summed E-state index contributed by atoms with van der Waals surface area (Å²) < 4.78 is 10.8. The molecule has 0 spiro atoms. The molecule has 2 rings (SSSR count). The number of pyridine rings is 1. The van der Waals surface area contributed by atoms with Crippen LogP contribution in [0.4, 0.5) is 0 Å². The molecule has 2 N–H and O–H groups in total. The third kappa shape index (κ3) is 7.22. The van der Waals surface area contributed by atoms with Gasteiger partial charge < -0.3 is 20.1 Å². The SMILES string of the molecule is CN=C(NCCCOC)NCc1cccc(OCc2ccccn2)c1. The first-order valence-corrected chi connectivity index (χ1v) is 8.37. The molecule has 0 aliphatic rings. The molecule has 25 heavy (non-hydrogen) atoms. The normalized spacial score (nSPS) is 11.2. The zero-order valence-corrected chi connectivity index (χ0v) is 14.9. The summed E-state index contributed by atoms with van der Waals surface area (Å²) in [6.45, 7) is 2.69. The predicted octanol–water partition coefficient (Wildman–Crippen LogP) is 2.36. The van der Waals surface area contributed by atoms with Gasteiger partial charge in [0.05, 0.1) is 5.69 Å². The maximum absolute atomic E-state index is 5.81. The number of aromatic nitrogens is 1. The number of guanidine groups is 1. The van der Waals surface area contributed by atoms with Crippen LogP contribution < -0.4 is 15.4 Å². The Morgan fingerprint density at radius 3 is 2.84 bits per heavy atom. The largest absolute Gasteiger partial charge is 0.487 e. The summed E-state index contributed by atoms with van der Waals surface area (Å²) >= 11 is 0. The molecule has 134 valence electrons. The van der Waals surface area contributed by atoms with Crippen LogP contribution in [0.1, 0.15) is 17.7 Å². The number of nitrogens with one attached hydrogen (secondary N) is 2. The van der Waals surface area contributed by atoms with Gasteiger partial charge in [0.25, 0.3) is 0 Å². The second kappa shape index (κ2) is 11.0. The molecule has 0 fully saturated rings. The number of rotatable bonds is 9. The fraction of sp³-hybridized carbons (Fsp3) is 0.368. The van der Waals surface area contributed by atoms with Gasteiger partial charge in [0.15, 0.2) is 5.96 Å². The highest BCUT2D eigenvalue weighted by Crippen LogP contribution is 2.14. The summed E-state index contributed by atoms with van der Waals surface area (Å²) in [6.07, 6.45) is 2.71. The van der Waals surface area contributed by atoms with Crippen molar-refractivity contribution in [3.8, 4) is 5.75 Å². The van der Waals surface area contributed by atoms with Gasteiger partial charge >= 0.3 is 0 Å². The van der Waals surface area contributed by atoms with Crippen LogP contribution in [0, 0.1) is 0 Å². The first kappa shape index (κ1) is 18.7. The average Bonchev–Trinajstić information content (AvgIpc) is 2.67. The molecule has 0 saturated carbocycles. The molecule has 1 heterocycles. The zero-order valence-electron chi connectivity index (χ0n) is 14.9. The molecule has 6 heteroatoms. The van der Waals surface area contributed by atoms with Gasteiger partial charge in [-0.15, -0.1) is 0 Å². The fourth-order valence-electron chi connectivity index (χ4n) is 2.22. The Labute approximate surface area is 149 Å². The van der Waals surface area contributed by atoms with E-state index in [2.05, 4.69) is 26.7 Å². The van der Waals surface area contributed by atoms with E-state index in [4.69, 9.17) is 9.47 Å². The minimum Gasteiger partial charge on any atom is -0.487 e. The van der Waals surface area contributed by atoms with E-state index in [9.17, 15) is 0 Å². The Morgan fingerprint density at radius 1 is 1.16 bits per heavy atom. The number of hydrogen-bond donors (Lipinski definition) is 2. The Bertz CT molecular complexity index is 647. The lowest BCUT2D eigenvalue weighted by molar-refractivity contribution is 0.195. The Kier molecular flexibility index (Phi) is 8.27. The summed E-state index contributed by atoms with van der Waals surface area (Å²) in [5, 5.41) is 6.55. The number of aliphatic imine (C=N–C) groups is 1. The van der Waals surface area contributed by atoms with Gasteiger partial charge in [-0.1, -0.05) is 18.2 Å². The maximum Gasteiger partial charge on any atom is 0.191 e. The van der Waals surface area contributed by atoms with Crippen molar-refractivity contribution in [2.24, 2.45) is 4.99 Å². The smallest absolute Gasteiger partial charge is 0.191 e. The molecule has 1 aromatic carbocycles. The summed E-state index contributed by atoms with van der Waals surface area (Å²) in [4.78, 5) is 8.47. The van der Waals surface area contributed by atoms with Crippen LogP contribution in [0.3, 0.4) is 0 Å². The van der Waals surface area contributed by atoms with Gasteiger partial charge in [-0.2, -0.15) is 0 Å². The van der Waals surface area contributed by atoms with Gasteiger partial charge in [0, 0.05) is 40.1 Å². The molecule has 6 nitrogen and oxygen atoms in total. The molecule has 0 aliphatic carbocycles. The minimum atomic E-state index is 0.459. The Morgan fingerprint density at radius 2 is 2.08 bits per heavy atom. The molecule has 0 unspecified atom stereocenters. The zero-order chi connectivity index (χ0) is 17.7. The van der Waals surface area contributed by atoms with Crippen LogP contribution >= 0.6 is 0 Å². The van der Waals surface area contributed by atoms with Gasteiger partial charge in [0.2, 0.25) is 0 Å². The monoisotopic (exact) mass is 342 g/mol. The van der Waals surface area contributed by atoms with E-state index in [0.29, 0.717) is 13.2 Å². The number of nitrogens with zero attached hydrogens (tertiary/aromatic N) is 2. The lowest BCUT2D eigenvalue weighted by atomic mass is 10.2. The van der Waals surface area contributed by atoms with Crippen molar-refractivity contribution in [2.45, 2.75) is 19.6 Å². The summed E-state index contributed by atoms with van der Waals surface area (Å²) in [5.41, 5.74) is 2.03. The second-order valence-corrected chi connectivity index (χ2v) is 5.46. The van der Waals surface area contributed by atoms with Crippen LogP contribution in [-0.2, 0) is 17.9 Å². The summed E-state index contributed by atoms with van der Waals surface area (Å²) in [7, 11) is 3.47. The Balaban J connectivity index is 1.80. The number of methoxy groups -OCH3 is 1. The van der Waals surface area contributed by atoms with Gasteiger partial charge in [-0.25, -0.2) is 0 Å². The standard InChI is InChI=1S/C19H26N4O2/c1-20-19(22-11-6-12-24-2)23-14-16-7-5-9-18(13-16)25-15-17-8-3-4-10-21-17/h3-5,7-10,13H,6,11-12,14-15H2,1-2H3,(H2,20,22,23). The van der Waals surface area contributed by atoms with E-state index in [0.717, 1.165) is 42.5 Å². The average molecular weight is 342 g/mol. The molecular weight excluding hydrogens is 316 g/mol. The molecule has 2 aromatic rings. The maximum atomic E-state index is 5.81. The molecule has 0 radical (unpaired) electrons. The van der Waals surface area contributed by atoms with Crippen molar-refractivity contribution in [1.29, 1.82) is 0 Å². The van der Waals surface area contributed by atoms with Crippen molar-refractivity contribution in [3.63, 3.8) is 0 Å². The highest BCUT2D eigenvalue weighted by molar-refractivity contribution is 5.79. The highest BCUT2D eigenvalue weighted by Gasteiger charge is 2.01. The van der Waals surface area contributed by atoms with Crippen LogP contribution in [0.5, 0.6) is 5.75 Å². The first-order valence-electron chi connectivity index (χ1n) is 8.37. The van der Waals surface area contributed by atoms with Gasteiger partial charge in [-0.3, -0.25) is 9.98 Å². The van der Waals surface area contributed by atoms with Gasteiger partial charge in [-0.05, 0) is 36.2 Å². The summed E-state index contributed by atoms with van der Waals surface area (Å²) in [5.74, 6) is 1.60. The van der Waals surface area contributed by atoms with E-state index in [1.807, 2.05) is 36.4 Å². The molecule has 0 saturated heterocycles. The summed E-state index contributed by atoms with van der Waals surface area (Å²) in [6, 6.07) is 13.8. The van der Waals surface area contributed by atoms with Crippen molar-refractivity contribution in [2.75, 3.05) is 27.3 Å². The predicted molar refractivity (Wildman–Crippen MR) is 99.7 cm³/mol. The van der Waals surface area contributed by atoms with Crippen LogP contribution in [0.2, 0.25) is 0 Å². The van der Waals surface area contributed by atoms with E-state index in [1.54, 1.807) is 20.4 Å². The highest BCUT2D eigenvalue weighted by atomic mass is 16.5. The molecule has 0 amide bonds.